The number of aromatic nitrogens is 2. The standard InChI is InChI=1S/C24H27ClN4O2/c1-15-10-11-17(16(2)12-15)14-26-27-22(30)20-21(24(3,4)5)28-29(6)23(20)31-19-9-7-8-18(25)13-19/h7-14H,1-6H3,(H,27,30). The Balaban J connectivity index is 1.93. The van der Waals surface area contributed by atoms with Crippen molar-refractivity contribution in [3.8, 4) is 11.6 Å². The number of benzene rings is 2. The minimum Gasteiger partial charge on any atom is -0.438 e. The van der Waals surface area contributed by atoms with E-state index in [-0.39, 0.29) is 5.41 Å². The summed E-state index contributed by atoms with van der Waals surface area (Å²) in [7, 11) is 1.74. The van der Waals surface area contributed by atoms with Crippen LogP contribution in [0, 0.1) is 13.8 Å². The molecule has 1 aromatic heterocycles. The van der Waals surface area contributed by atoms with E-state index in [0.717, 1.165) is 11.1 Å². The minimum absolute atomic E-state index is 0.325. The Bertz CT molecular complexity index is 1140. The number of ether oxygens (including phenoxy) is 1. The van der Waals surface area contributed by atoms with Crippen LogP contribution >= 0.6 is 11.6 Å². The Morgan fingerprint density at radius 3 is 2.58 bits per heavy atom. The van der Waals surface area contributed by atoms with Crippen molar-refractivity contribution in [1.82, 2.24) is 15.2 Å². The quantitative estimate of drug-likeness (QED) is 0.419. The Hall–Kier alpha value is -3.12. The normalized spacial score (nSPS) is 11.7. The van der Waals surface area contributed by atoms with E-state index in [1.165, 1.54) is 5.56 Å². The molecule has 0 radical (unpaired) electrons. The molecular formula is C24H27ClN4O2. The van der Waals surface area contributed by atoms with Crippen LogP contribution in [0.15, 0.2) is 47.6 Å². The van der Waals surface area contributed by atoms with Crippen LogP contribution in [0.2, 0.25) is 5.02 Å². The monoisotopic (exact) mass is 438 g/mol. The third-order valence-corrected chi connectivity index (χ3v) is 4.97. The number of hydrogen-bond donors (Lipinski definition) is 1. The summed E-state index contributed by atoms with van der Waals surface area (Å²) in [5.41, 5.74) is 6.39. The number of carbonyl (C=O) groups excluding carboxylic acids is 1. The van der Waals surface area contributed by atoms with Gasteiger partial charge in [-0.1, -0.05) is 62.2 Å². The van der Waals surface area contributed by atoms with E-state index in [1.54, 1.807) is 42.2 Å². The van der Waals surface area contributed by atoms with E-state index in [1.807, 2.05) is 46.8 Å². The summed E-state index contributed by atoms with van der Waals surface area (Å²) >= 11 is 6.08. The first-order valence-corrected chi connectivity index (χ1v) is 10.4. The average molecular weight is 439 g/mol. The zero-order valence-corrected chi connectivity index (χ0v) is 19.4. The molecule has 0 aliphatic heterocycles. The van der Waals surface area contributed by atoms with Gasteiger partial charge in [0.2, 0.25) is 5.88 Å². The predicted molar refractivity (Wildman–Crippen MR) is 124 cm³/mol. The predicted octanol–water partition coefficient (Wildman–Crippen LogP) is 5.54. The van der Waals surface area contributed by atoms with Crippen LogP contribution in [0.3, 0.4) is 0 Å². The van der Waals surface area contributed by atoms with E-state index >= 15 is 0 Å². The lowest BCUT2D eigenvalue weighted by atomic mass is 9.89. The minimum atomic E-state index is -0.393. The molecular weight excluding hydrogens is 412 g/mol. The number of nitrogens with one attached hydrogen (secondary N) is 1. The first-order chi connectivity index (χ1) is 14.6. The fourth-order valence-corrected chi connectivity index (χ4v) is 3.36. The molecule has 1 N–H and O–H groups in total. The lowest BCUT2D eigenvalue weighted by Crippen LogP contribution is -2.23. The highest BCUT2D eigenvalue weighted by Gasteiger charge is 2.31. The van der Waals surface area contributed by atoms with Gasteiger partial charge in [-0.3, -0.25) is 4.79 Å². The maximum absolute atomic E-state index is 13.1. The van der Waals surface area contributed by atoms with Gasteiger partial charge in [0.1, 0.15) is 11.3 Å². The molecule has 0 spiro atoms. The number of halogens is 1. The maximum atomic E-state index is 13.1. The fraction of sp³-hybridized carbons (Fsp3) is 0.292. The largest absolute Gasteiger partial charge is 0.438 e. The zero-order chi connectivity index (χ0) is 22.8. The van der Waals surface area contributed by atoms with Crippen LogP contribution < -0.4 is 10.2 Å². The first-order valence-electron chi connectivity index (χ1n) is 9.98. The van der Waals surface area contributed by atoms with Gasteiger partial charge >= 0.3 is 0 Å². The van der Waals surface area contributed by atoms with Crippen LogP contribution in [0.1, 0.15) is 53.5 Å². The third kappa shape index (κ3) is 5.33. The molecule has 0 fully saturated rings. The van der Waals surface area contributed by atoms with Crippen LogP contribution in [0.5, 0.6) is 11.6 Å². The van der Waals surface area contributed by atoms with Gasteiger partial charge in [0.15, 0.2) is 0 Å². The van der Waals surface area contributed by atoms with E-state index < -0.39 is 5.91 Å². The molecule has 3 rings (SSSR count). The highest BCUT2D eigenvalue weighted by molar-refractivity contribution is 6.30. The second-order valence-electron chi connectivity index (χ2n) is 8.52. The van der Waals surface area contributed by atoms with E-state index in [4.69, 9.17) is 16.3 Å². The third-order valence-electron chi connectivity index (χ3n) is 4.74. The number of carbonyl (C=O) groups is 1. The number of amides is 1. The molecule has 0 aliphatic carbocycles. The van der Waals surface area contributed by atoms with Gasteiger partial charge in [-0.15, -0.1) is 0 Å². The number of nitrogens with zero attached hydrogens (tertiary/aromatic N) is 3. The summed E-state index contributed by atoms with van der Waals surface area (Å²) in [5, 5.41) is 9.26. The summed E-state index contributed by atoms with van der Waals surface area (Å²) in [6, 6.07) is 13.0. The van der Waals surface area contributed by atoms with Crippen molar-refractivity contribution in [3.05, 3.63) is 75.4 Å². The van der Waals surface area contributed by atoms with Crippen molar-refractivity contribution < 1.29 is 9.53 Å². The van der Waals surface area contributed by atoms with Crippen LogP contribution in [-0.4, -0.2) is 21.9 Å². The van der Waals surface area contributed by atoms with Crippen LogP contribution in [0.4, 0.5) is 0 Å². The first kappa shape index (κ1) is 22.6. The van der Waals surface area contributed by atoms with Gasteiger partial charge in [0.05, 0.1) is 11.9 Å². The fourth-order valence-electron chi connectivity index (χ4n) is 3.18. The molecule has 3 aromatic rings. The van der Waals surface area contributed by atoms with Crippen molar-refractivity contribution in [2.75, 3.05) is 0 Å². The molecule has 162 valence electrons. The molecule has 0 aliphatic rings. The molecule has 0 saturated heterocycles. The molecule has 31 heavy (non-hydrogen) atoms. The molecule has 1 heterocycles. The van der Waals surface area contributed by atoms with Gasteiger partial charge in [0, 0.05) is 17.5 Å². The van der Waals surface area contributed by atoms with E-state index in [9.17, 15) is 4.79 Å². The molecule has 1 amide bonds. The number of rotatable bonds is 5. The molecule has 0 atom stereocenters. The molecule has 6 nitrogen and oxygen atoms in total. The molecule has 0 unspecified atom stereocenters. The summed E-state index contributed by atoms with van der Waals surface area (Å²) in [5.74, 6) is 0.450. The SMILES string of the molecule is Cc1ccc(C=NNC(=O)c2c(C(C)(C)C)nn(C)c2Oc2cccc(Cl)c2)c(C)c1. The summed E-state index contributed by atoms with van der Waals surface area (Å²) < 4.78 is 7.58. The van der Waals surface area contributed by atoms with Crippen molar-refractivity contribution in [1.29, 1.82) is 0 Å². The van der Waals surface area contributed by atoms with E-state index in [2.05, 4.69) is 21.7 Å². The van der Waals surface area contributed by atoms with Crippen molar-refractivity contribution in [2.24, 2.45) is 12.1 Å². The molecule has 0 saturated carbocycles. The smallest absolute Gasteiger partial charge is 0.278 e. The van der Waals surface area contributed by atoms with Gasteiger partial charge in [-0.2, -0.15) is 10.2 Å². The molecule has 7 heteroatoms. The maximum Gasteiger partial charge on any atom is 0.278 e. The Morgan fingerprint density at radius 1 is 1.19 bits per heavy atom. The number of hydrogen-bond acceptors (Lipinski definition) is 4. The van der Waals surface area contributed by atoms with Gasteiger partial charge in [-0.05, 0) is 43.2 Å². The lowest BCUT2D eigenvalue weighted by Gasteiger charge is -2.17. The Kier molecular flexibility index (Phi) is 6.51. The Morgan fingerprint density at radius 2 is 1.94 bits per heavy atom. The van der Waals surface area contributed by atoms with Gasteiger partial charge < -0.3 is 4.74 Å². The topological polar surface area (TPSA) is 68.5 Å². The van der Waals surface area contributed by atoms with Crippen molar-refractivity contribution in [2.45, 2.75) is 40.0 Å². The van der Waals surface area contributed by atoms with Gasteiger partial charge in [-0.25, -0.2) is 10.1 Å². The van der Waals surface area contributed by atoms with Crippen LogP contribution in [-0.2, 0) is 12.5 Å². The zero-order valence-electron chi connectivity index (χ0n) is 18.7. The second kappa shape index (κ2) is 8.94. The second-order valence-corrected chi connectivity index (χ2v) is 8.96. The van der Waals surface area contributed by atoms with E-state index in [0.29, 0.717) is 27.9 Å². The molecule has 2 aromatic carbocycles. The van der Waals surface area contributed by atoms with Crippen molar-refractivity contribution in [3.63, 3.8) is 0 Å². The summed E-state index contributed by atoms with van der Waals surface area (Å²) in [6.45, 7) is 10.0. The summed E-state index contributed by atoms with van der Waals surface area (Å²) in [4.78, 5) is 13.1. The number of aryl methyl sites for hydroxylation is 3. The van der Waals surface area contributed by atoms with Crippen LogP contribution in [0.25, 0.3) is 0 Å². The summed E-state index contributed by atoms with van der Waals surface area (Å²) in [6.07, 6.45) is 1.64. The lowest BCUT2D eigenvalue weighted by molar-refractivity contribution is 0.0950. The Labute approximate surface area is 187 Å². The number of hydrazone groups is 1. The average Bonchev–Trinajstić information content (AvgIpc) is 3.00. The highest BCUT2D eigenvalue weighted by Crippen LogP contribution is 2.34. The van der Waals surface area contributed by atoms with Crippen molar-refractivity contribution >= 4 is 23.7 Å². The molecule has 0 bridgehead atoms. The van der Waals surface area contributed by atoms with Gasteiger partial charge in [0.25, 0.3) is 5.91 Å². The highest BCUT2D eigenvalue weighted by atomic mass is 35.5.